The molecule has 1 heterocycles. The molecule has 2 aromatic rings. The van der Waals surface area contributed by atoms with E-state index in [1.165, 1.54) is 13.4 Å². The largest absolute Gasteiger partial charge is 0.496 e. The molecule has 0 aliphatic heterocycles. The van der Waals surface area contributed by atoms with Crippen LogP contribution in [0.3, 0.4) is 0 Å². The lowest BCUT2D eigenvalue weighted by atomic mass is 10.1. The van der Waals surface area contributed by atoms with Crippen LogP contribution in [-0.2, 0) is 6.54 Å². The molecule has 2 rings (SSSR count). The van der Waals surface area contributed by atoms with E-state index in [-0.39, 0.29) is 5.84 Å². The number of hydrogen-bond donors (Lipinski definition) is 2. The van der Waals surface area contributed by atoms with Crippen molar-refractivity contribution < 1.29 is 9.94 Å². The van der Waals surface area contributed by atoms with Crippen LogP contribution >= 0.6 is 0 Å². The summed E-state index contributed by atoms with van der Waals surface area (Å²) in [6, 6.07) is 5.41. The normalized spacial score (nSPS) is 11.5. The van der Waals surface area contributed by atoms with Crippen LogP contribution in [0.5, 0.6) is 5.75 Å². The molecule has 0 radical (unpaired) electrons. The molecular formula is C11H13N5O2. The summed E-state index contributed by atoms with van der Waals surface area (Å²) in [4.78, 5) is 3.87. The highest BCUT2D eigenvalue weighted by molar-refractivity contribution is 5.99. The SMILES string of the molecule is COc1cc(Cn2cncn2)ccc1/C(N)=N/O. The summed E-state index contributed by atoms with van der Waals surface area (Å²) in [5.74, 6) is 0.557. The maximum absolute atomic E-state index is 8.67. The third-order valence-corrected chi connectivity index (χ3v) is 2.46. The number of amidine groups is 1. The van der Waals surface area contributed by atoms with Crippen molar-refractivity contribution in [3.05, 3.63) is 42.0 Å². The lowest BCUT2D eigenvalue weighted by Gasteiger charge is -2.09. The van der Waals surface area contributed by atoms with Crippen molar-refractivity contribution >= 4 is 5.84 Å². The van der Waals surface area contributed by atoms with Crippen molar-refractivity contribution in [2.24, 2.45) is 10.9 Å². The molecule has 1 aromatic heterocycles. The first kappa shape index (κ1) is 11.9. The molecule has 0 fully saturated rings. The van der Waals surface area contributed by atoms with Crippen molar-refractivity contribution in [1.29, 1.82) is 0 Å². The summed E-state index contributed by atoms with van der Waals surface area (Å²) in [7, 11) is 1.53. The quantitative estimate of drug-likeness (QED) is 0.353. The number of ether oxygens (including phenoxy) is 1. The van der Waals surface area contributed by atoms with Gasteiger partial charge in [0, 0.05) is 0 Å². The predicted molar refractivity (Wildman–Crippen MR) is 64.6 cm³/mol. The lowest BCUT2D eigenvalue weighted by molar-refractivity contribution is 0.318. The van der Waals surface area contributed by atoms with Crippen LogP contribution in [0.4, 0.5) is 0 Å². The summed E-state index contributed by atoms with van der Waals surface area (Å²) >= 11 is 0. The van der Waals surface area contributed by atoms with E-state index in [4.69, 9.17) is 15.7 Å². The molecule has 0 saturated carbocycles. The standard InChI is InChI=1S/C11H13N5O2/c1-18-10-4-8(5-16-7-13-6-14-16)2-3-9(10)11(12)15-17/h2-4,6-7,17H,5H2,1H3,(H2,12,15). The molecule has 0 bridgehead atoms. The minimum atomic E-state index is 0.0131. The van der Waals surface area contributed by atoms with Gasteiger partial charge in [0.2, 0.25) is 0 Å². The molecule has 94 valence electrons. The number of methoxy groups -OCH3 is 1. The van der Waals surface area contributed by atoms with Crippen LogP contribution in [0.25, 0.3) is 0 Å². The number of nitrogens with two attached hydrogens (primary N) is 1. The Morgan fingerprint density at radius 2 is 2.39 bits per heavy atom. The van der Waals surface area contributed by atoms with Gasteiger partial charge in [0.25, 0.3) is 0 Å². The summed E-state index contributed by atoms with van der Waals surface area (Å²) in [6.45, 7) is 0.576. The summed E-state index contributed by atoms with van der Waals surface area (Å²) in [6.07, 6.45) is 3.10. The monoisotopic (exact) mass is 247 g/mol. The van der Waals surface area contributed by atoms with Gasteiger partial charge < -0.3 is 15.7 Å². The summed E-state index contributed by atoms with van der Waals surface area (Å²) in [5.41, 5.74) is 7.07. The molecule has 0 aliphatic rings. The second kappa shape index (κ2) is 5.17. The Hall–Kier alpha value is -2.57. The molecule has 0 aliphatic carbocycles. The topological polar surface area (TPSA) is 98.5 Å². The zero-order valence-electron chi connectivity index (χ0n) is 9.82. The van der Waals surface area contributed by atoms with E-state index in [1.54, 1.807) is 17.1 Å². The summed E-state index contributed by atoms with van der Waals surface area (Å²) < 4.78 is 6.90. The van der Waals surface area contributed by atoms with Gasteiger partial charge in [0.1, 0.15) is 18.4 Å². The number of rotatable bonds is 4. The van der Waals surface area contributed by atoms with Gasteiger partial charge in [-0.05, 0) is 17.7 Å². The molecule has 1 aromatic carbocycles. The number of benzene rings is 1. The van der Waals surface area contributed by atoms with Crippen LogP contribution in [0, 0.1) is 0 Å². The van der Waals surface area contributed by atoms with E-state index in [1.807, 2.05) is 12.1 Å². The third-order valence-electron chi connectivity index (χ3n) is 2.46. The van der Waals surface area contributed by atoms with Crippen LogP contribution in [0.1, 0.15) is 11.1 Å². The minimum Gasteiger partial charge on any atom is -0.496 e. The van der Waals surface area contributed by atoms with E-state index in [2.05, 4.69) is 15.2 Å². The Bertz CT molecular complexity index is 551. The fourth-order valence-electron chi connectivity index (χ4n) is 1.60. The van der Waals surface area contributed by atoms with Crippen molar-refractivity contribution in [3.8, 4) is 5.75 Å². The maximum Gasteiger partial charge on any atom is 0.173 e. The van der Waals surface area contributed by atoms with Gasteiger partial charge in [-0.1, -0.05) is 11.2 Å². The smallest absolute Gasteiger partial charge is 0.173 e. The zero-order chi connectivity index (χ0) is 13.0. The van der Waals surface area contributed by atoms with Gasteiger partial charge in [-0.25, -0.2) is 9.67 Å². The number of aromatic nitrogens is 3. The van der Waals surface area contributed by atoms with E-state index in [9.17, 15) is 0 Å². The van der Waals surface area contributed by atoms with E-state index in [0.29, 0.717) is 17.9 Å². The molecule has 3 N–H and O–H groups in total. The molecule has 0 amide bonds. The lowest BCUT2D eigenvalue weighted by Crippen LogP contribution is -2.14. The Morgan fingerprint density at radius 1 is 1.56 bits per heavy atom. The number of nitrogens with zero attached hydrogens (tertiary/aromatic N) is 4. The minimum absolute atomic E-state index is 0.0131. The highest BCUT2D eigenvalue weighted by Crippen LogP contribution is 2.20. The van der Waals surface area contributed by atoms with Crippen LogP contribution < -0.4 is 10.5 Å². The number of hydrogen-bond acceptors (Lipinski definition) is 5. The number of oxime groups is 1. The zero-order valence-corrected chi connectivity index (χ0v) is 9.82. The Labute approximate surface area is 104 Å². The average molecular weight is 247 g/mol. The van der Waals surface area contributed by atoms with Crippen LogP contribution in [-0.4, -0.2) is 32.9 Å². The average Bonchev–Trinajstić information content (AvgIpc) is 2.90. The Kier molecular flexibility index (Phi) is 3.42. The van der Waals surface area contributed by atoms with Gasteiger partial charge in [0.05, 0.1) is 19.2 Å². The maximum atomic E-state index is 8.67. The Morgan fingerprint density at radius 3 is 3.00 bits per heavy atom. The molecule has 18 heavy (non-hydrogen) atoms. The highest BCUT2D eigenvalue weighted by atomic mass is 16.5. The second-order valence-electron chi connectivity index (χ2n) is 3.61. The molecule has 7 heteroatoms. The van der Waals surface area contributed by atoms with Crippen molar-refractivity contribution in [2.45, 2.75) is 6.54 Å². The molecule has 0 saturated heterocycles. The fraction of sp³-hybridized carbons (Fsp3) is 0.182. The van der Waals surface area contributed by atoms with Crippen LogP contribution in [0.2, 0.25) is 0 Å². The van der Waals surface area contributed by atoms with E-state index >= 15 is 0 Å². The first-order chi connectivity index (χ1) is 8.74. The molecule has 0 unspecified atom stereocenters. The van der Waals surface area contributed by atoms with Gasteiger partial charge in [0.15, 0.2) is 5.84 Å². The van der Waals surface area contributed by atoms with Gasteiger partial charge in [-0.2, -0.15) is 5.10 Å². The van der Waals surface area contributed by atoms with Crippen molar-refractivity contribution in [3.63, 3.8) is 0 Å². The molecule has 7 nitrogen and oxygen atoms in total. The first-order valence-corrected chi connectivity index (χ1v) is 5.22. The van der Waals surface area contributed by atoms with Gasteiger partial charge in [-0.15, -0.1) is 0 Å². The van der Waals surface area contributed by atoms with Crippen molar-refractivity contribution in [1.82, 2.24) is 14.8 Å². The van der Waals surface area contributed by atoms with Crippen molar-refractivity contribution in [2.75, 3.05) is 7.11 Å². The molecular weight excluding hydrogens is 234 g/mol. The first-order valence-electron chi connectivity index (χ1n) is 5.22. The summed E-state index contributed by atoms with van der Waals surface area (Å²) in [5, 5.41) is 15.6. The predicted octanol–water partition coefficient (Wildman–Crippen LogP) is 0.429. The molecule has 0 atom stereocenters. The van der Waals surface area contributed by atoms with Gasteiger partial charge >= 0.3 is 0 Å². The second-order valence-corrected chi connectivity index (χ2v) is 3.61. The van der Waals surface area contributed by atoms with Crippen LogP contribution in [0.15, 0.2) is 36.0 Å². The van der Waals surface area contributed by atoms with E-state index < -0.39 is 0 Å². The fourth-order valence-corrected chi connectivity index (χ4v) is 1.60. The van der Waals surface area contributed by atoms with E-state index in [0.717, 1.165) is 5.56 Å². The van der Waals surface area contributed by atoms with Gasteiger partial charge in [-0.3, -0.25) is 0 Å². The Balaban J connectivity index is 2.30. The third kappa shape index (κ3) is 2.40. The highest BCUT2D eigenvalue weighted by Gasteiger charge is 2.09. The molecule has 0 spiro atoms.